The molecule has 0 aliphatic carbocycles. The summed E-state index contributed by atoms with van der Waals surface area (Å²) in [6.45, 7) is 1.44. The number of nitrogens with zero attached hydrogens (tertiary/aromatic N) is 3. The van der Waals surface area contributed by atoms with E-state index in [9.17, 15) is 9.59 Å². The predicted molar refractivity (Wildman–Crippen MR) is 81.2 cm³/mol. The lowest BCUT2D eigenvalue weighted by Crippen LogP contribution is -2.35. The van der Waals surface area contributed by atoms with E-state index in [4.69, 9.17) is 0 Å². The van der Waals surface area contributed by atoms with Gasteiger partial charge in [0.25, 0.3) is 11.5 Å². The van der Waals surface area contributed by atoms with E-state index in [2.05, 4.69) is 4.99 Å². The molecule has 1 aromatic carbocycles. The van der Waals surface area contributed by atoms with Gasteiger partial charge in [-0.15, -0.1) is 0 Å². The second kappa shape index (κ2) is 4.39. The Morgan fingerprint density at radius 1 is 1.24 bits per heavy atom. The van der Waals surface area contributed by atoms with Crippen molar-refractivity contribution < 1.29 is 4.79 Å². The summed E-state index contributed by atoms with van der Waals surface area (Å²) in [5, 5.41) is 0. The van der Waals surface area contributed by atoms with Crippen LogP contribution in [0, 0.1) is 0 Å². The Balaban J connectivity index is 2.14. The molecule has 21 heavy (non-hydrogen) atoms. The molecular weight excluding hydrogens is 286 g/mol. The molecule has 3 heterocycles. The number of fused-ring (bicyclic) bond motifs is 2. The molecule has 0 radical (unpaired) electrons. The van der Waals surface area contributed by atoms with Crippen LogP contribution in [0.5, 0.6) is 0 Å². The number of rotatable bonds is 0. The molecule has 2 aliphatic rings. The van der Waals surface area contributed by atoms with Crippen LogP contribution in [0.15, 0.2) is 34.1 Å². The standard InChI is InChI=1S/C15H13N3O2S/c1-17-10-6-3-2-5-9(10)11(13(17)19)12-14(20)18-8-4-7-16-15(18)21-12/h2-3,5-6H,4,7-8H2,1H3. The Labute approximate surface area is 124 Å². The minimum Gasteiger partial charge on any atom is -0.311 e. The quantitative estimate of drug-likeness (QED) is 0.693. The minimum atomic E-state index is -0.118. The first kappa shape index (κ1) is 12.5. The van der Waals surface area contributed by atoms with Gasteiger partial charge in [-0.2, -0.15) is 0 Å². The fraction of sp³-hybridized carbons (Fsp3) is 0.267. The molecule has 106 valence electrons. The number of carbonyl (C=O) groups excluding carboxylic acids is 1. The SMILES string of the molecule is CN1C(=O)C(=c2sc3n(c2=O)CCCN=3)c2ccccc21. The maximum atomic E-state index is 12.6. The Hall–Kier alpha value is -2.21. The van der Waals surface area contributed by atoms with Crippen molar-refractivity contribution in [2.24, 2.45) is 4.99 Å². The molecule has 1 aromatic heterocycles. The molecule has 0 saturated carbocycles. The maximum Gasteiger partial charge on any atom is 0.271 e. The van der Waals surface area contributed by atoms with Gasteiger partial charge in [0.2, 0.25) is 0 Å². The highest BCUT2D eigenvalue weighted by Crippen LogP contribution is 2.33. The van der Waals surface area contributed by atoms with E-state index in [-0.39, 0.29) is 11.5 Å². The van der Waals surface area contributed by atoms with Crippen LogP contribution < -0.4 is 19.8 Å². The van der Waals surface area contributed by atoms with Crippen molar-refractivity contribution in [3.05, 3.63) is 49.5 Å². The number of amides is 1. The van der Waals surface area contributed by atoms with Gasteiger partial charge in [-0.1, -0.05) is 29.5 Å². The van der Waals surface area contributed by atoms with E-state index in [1.54, 1.807) is 16.5 Å². The molecule has 1 amide bonds. The molecule has 6 heteroatoms. The lowest BCUT2D eigenvalue weighted by Gasteiger charge is -2.07. The van der Waals surface area contributed by atoms with Crippen LogP contribution in [0.2, 0.25) is 0 Å². The van der Waals surface area contributed by atoms with Crippen molar-refractivity contribution in [3.63, 3.8) is 0 Å². The third-order valence-corrected chi connectivity index (χ3v) is 5.05. The Bertz CT molecular complexity index is 939. The van der Waals surface area contributed by atoms with E-state index >= 15 is 0 Å². The highest BCUT2D eigenvalue weighted by molar-refractivity contribution is 7.07. The van der Waals surface area contributed by atoms with E-state index in [1.165, 1.54) is 11.3 Å². The zero-order valence-electron chi connectivity index (χ0n) is 11.5. The first-order chi connectivity index (χ1) is 10.2. The largest absolute Gasteiger partial charge is 0.311 e. The van der Waals surface area contributed by atoms with Gasteiger partial charge < -0.3 is 4.90 Å². The number of para-hydroxylation sites is 1. The van der Waals surface area contributed by atoms with Crippen molar-refractivity contribution >= 4 is 28.5 Å². The summed E-state index contributed by atoms with van der Waals surface area (Å²) in [6, 6.07) is 7.58. The van der Waals surface area contributed by atoms with Gasteiger partial charge in [0.15, 0.2) is 4.80 Å². The average molecular weight is 299 g/mol. The molecule has 0 spiro atoms. The van der Waals surface area contributed by atoms with Crippen LogP contribution in [-0.4, -0.2) is 24.1 Å². The van der Waals surface area contributed by atoms with Crippen LogP contribution in [0.4, 0.5) is 5.69 Å². The lowest BCUT2D eigenvalue weighted by molar-refractivity contribution is -0.112. The molecule has 2 aromatic rings. The number of carbonyl (C=O) groups is 1. The van der Waals surface area contributed by atoms with Crippen LogP contribution in [0.3, 0.4) is 0 Å². The fourth-order valence-corrected chi connectivity index (χ4v) is 3.98. The van der Waals surface area contributed by atoms with Crippen LogP contribution in [0.25, 0.3) is 5.57 Å². The van der Waals surface area contributed by atoms with Crippen LogP contribution in [0.1, 0.15) is 12.0 Å². The van der Waals surface area contributed by atoms with Gasteiger partial charge in [0.1, 0.15) is 4.53 Å². The van der Waals surface area contributed by atoms with Crippen molar-refractivity contribution in [2.45, 2.75) is 13.0 Å². The summed E-state index contributed by atoms with van der Waals surface area (Å²) in [5.74, 6) is -0.118. The zero-order valence-corrected chi connectivity index (χ0v) is 12.3. The molecule has 0 saturated heterocycles. The summed E-state index contributed by atoms with van der Waals surface area (Å²) in [7, 11) is 1.74. The van der Waals surface area contributed by atoms with Gasteiger partial charge in [-0.3, -0.25) is 19.1 Å². The monoisotopic (exact) mass is 299 g/mol. The van der Waals surface area contributed by atoms with Crippen molar-refractivity contribution in [3.8, 4) is 0 Å². The minimum absolute atomic E-state index is 0.0908. The number of benzene rings is 1. The van der Waals surface area contributed by atoms with Crippen LogP contribution >= 0.6 is 11.3 Å². The number of thiazole rings is 1. The van der Waals surface area contributed by atoms with Gasteiger partial charge in [-0.25, -0.2) is 0 Å². The van der Waals surface area contributed by atoms with E-state index in [1.807, 2.05) is 24.3 Å². The zero-order chi connectivity index (χ0) is 14.6. The number of hydrogen-bond acceptors (Lipinski definition) is 4. The van der Waals surface area contributed by atoms with Crippen molar-refractivity contribution in [1.29, 1.82) is 0 Å². The van der Waals surface area contributed by atoms with E-state index < -0.39 is 0 Å². The Kier molecular flexibility index (Phi) is 2.62. The summed E-state index contributed by atoms with van der Waals surface area (Å²) >= 11 is 1.33. The highest BCUT2D eigenvalue weighted by atomic mass is 32.1. The summed E-state index contributed by atoms with van der Waals surface area (Å²) in [6.07, 6.45) is 0.878. The third-order valence-electron chi connectivity index (χ3n) is 3.93. The molecule has 0 fully saturated rings. The first-order valence-corrected chi connectivity index (χ1v) is 7.66. The number of anilines is 1. The maximum absolute atomic E-state index is 12.6. The van der Waals surface area contributed by atoms with E-state index in [0.29, 0.717) is 16.7 Å². The molecule has 2 aliphatic heterocycles. The topological polar surface area (TPSA) is 54.7 Å². The highest BCUT2D eigenvalue weighted by Gasteiger charge is 2.31. The van der Waals surface area contributed by atoms with Gasteiger partial charge in [0, 0.05) is 25.7 Å². The molecule has 0 atom stereocenters. The summed E-state index contributed by atoms with van der Waals surface area (Å²) in [4.78, 5) is 31.9. The first-order valence-electron chi connectivity index (χ1n) is 6.84. The molecular formula is C15H13N3O2S. The molecule has 0 N–H and O–H groups in total. The normalized spacial score (nSPS) is 19.3. The van der Waals surface area contributed by atoms with Crippen LogP contribution in [-0.2, 0) is 11.3 Å². The van der Waals surface area contributed by atoms with E-state index in [0.717, 1.165) is 29.0 Å². The van der Waals surface area contributed by atoms with Crippen molar-refractivity contribution in [1.82, 2.24) is 4.57 Å². The molecule has 0 unspecified atom stereocenters. The number of aromatic nitrogens is 1. The smallest absolute Gasteiger partial charge is 0.271 e. The Morgan fingerprint density at radius 3 is 2.86 bits per heavy atom. The van der Waals surface area contributed by atoms with Crippen molar-refractivity contribution in [2.75, 3.05) is 18.5 Å². The Morgan fingerprint density at radius 2 is 2.05 bits per heavy atom. The van der Waals surface area contributed by atoms with Gasteiger partial charge >= 0.3 is 0 Å². The number of hydrogen-bond donors (Lipinski definition) is 0. The molecule has 4 rings (SSSR count). The second-order valence-corrected chi connectivity index (χ2v) is 6.14. The fourth-order valence-electron chi connectivity index (χ4n) is 2.87. The summed E-state index contributed by atoms with van der Waals surface area (Å²) < 4.78 is 2.20. The number of likely N-dealkylation sites (N-methyl/N-ethyl adjacent to an activating group) is 1. The molecule has 0 bridgehead atoms. The van der Waals surface area contributed by atoms with Gasteiger partial charge in [0.05, 0.1) is 11.3 Å². The third kappa shape index (κ3) is 1.65. The predicted octanol–water partition coefficient (Wildman–Crippen LogP) is 0.109. The summed E-state index contributed by atoms with van der Waals surface area (Å²) in [5.41, 5.74) is 2.11. The molecule has 5 nitrogen and oxygen atoms in total. The average Bonchev–Trinajstić information content (AvgIpc) is 2.96. The second-order valence-electron chi connectivity index (χ2n) is 5.16. The lowest BCUT2D eigenvalue weighted by atomic mass is 10.1. The van der Waals surface area contributed by atoms with Gasteiger partial charge in [-0.05, 0) is 12.5 Å².